The zero-order valence-corrected chi connectivity index (χ0v) is 14.2. The van der Waals surface area contributed by atoms with Crippen molar-refractivity contribution in [2.75, 3.05) is 10.6 Å². The van der Waals surface area contributed by atoms with Crippen molar-refractivity contribution in [2.24, 2.45) is 0 Å². The van der Waals surface area contributed by atoms with E-state index in [-0.39, 0.29) is 12.2 Å². The predicted molar refractivity (Wildman–Crippen MR) is 94.8 cm³/mol. The average Bonchev–Trinajstić information content (AvgIpc) is 2.45. The molecule has 2 amide bonds. The molecule has 124 valence electrons. The molecule has 2 aromatic rings. The largest absolute Gasteiger partial charge is 0.326 e. The van der Waals surface area contributed by atoms with Crippen LogP contribution >= 0.6 is 23.2 Å². The van der Waals surface area contributed by atoms with Gasteiger partial charge >= 0.3 is 0 Å². The fraction of sp³-hybridized carbons (Fsp3) is 0.118. The van der Waals surface area contributed by atoms with E-state index in [2.05, 4.69) is 10.6 Å². The minimum Gasteiger partial charge on any atom is -0.326 e. The molecule has 0 saturated carbocycles. The van der Waals surface area contributed by atoms with Gasteiger partial charge in [0, 0.05) is 27.0 Å². The zero-order chi connectivity index (χ0) is 17.7. The first-order chi connectivity index (χ1) is 11.3. The molecule has 0 aliphatic heterocycles. The first-order valence-electron chi connectivity index (χ1n) is 7.00. The fourth-order valence-corrected chi connectivity index (χ4v) is 2.52. The molecule has 2 rings (SSSR count). The van der Waals surface area contributed by atoms with Crippen LogP contribution in [-0.4, -0.2) is 17.6 Å². The number of hydrogen-bond acceptors (Lipinski definition) is 3. The van der Waals surface area contributed by atoms with Crippen LogP contribution in [0.3, 0.4) is 0 Å². The number of carbonyl (C=O) groups is 3. The summed E-state index contributed by atoms with van der Waals surface area (Å²) in [5.74, 6) is -1.11. The van der Waals surface area contributed by atoms with E-state index in [4.69, 9.17) is 23.2 Å². The third-order valence-electron chi connectivity index (χ3n) is 3.02. The summed E-state index contributed by atoms with van der Waals surface area (Å²) in [5, 5.41) is 5.88. The average molecular weight is 365 g/mol. The molecule has 0 heterocycles. The molecule has 5 nitrogen and oxygen atoms in total. The van der Waals surface area contributed by atoms with Gasteiger partial charge in [0.15, 0.2) is 5.78 Å². The highest BCUT2D eigenvalue weighted by atomic mass is 35.5. The summed E-state index contributed by atoms with van der Waals surface area (Å²) < 4.78 is 0. The van der Waals surface area contributed by atoms with Crippen molar-refractivity contribution in [1.82, 2.24) is 0 Å². The van der Waals surface area contributed by atoms with E-state index in [9.17, 15) is 14.4 Å². The molecule has 0 unspecified atom stereocenters. The third kappa shape index (κ3) is 5.37. The lowest BCUT2D eigenvalue weighted by molar-refractivity contribution is -0.123. The van der Waals surface area contributed by atoms with Crippen molar-refractivity contribution in [2.45, 2.75) is 13.3 Å². The Morgan fingerprint density at radius 1 is 0.875 bits per heavy atom. The second-order valence-corrected chi connectivity index (χ2v) is 5.94. The van der Waals surface area contributed by atoms with E-state index in [1.807, 2.05) is 0 Å². The Morgan fingerprint density at radius 2 is 1.46 bits per heavy atom. The van der Waals surface area contributed by atoms with E-state index in [0.717, 1.165) is 0 Å². The molecule has 7 heteroatoms. The normalized spacial score (nSPS) is 10.1. The number of Topliss-reactive ketones (excluding diaryl/α,β-unsaturated/α-hetero) is 1. The number of rotatable bonds is 5. The molecule has 2 aromatic carbocycles. The summed E-state index contributed by atoms with van der Waals surface area (Å²) in [6, 6.07) is 11.1. The number of nitrogens with one attached hydrogen (secondary N) is 2. The molecule has 24 heavy (non-hydrogen) atoms. The maximum absolute atomic E-state index is 11.9. The summed E-state index contributed by atoms with van der Waals surface area (Å²) in [6.45, 7) is 1.44. The highest BCUT2D eigenvalue weighted by Gasteiger charge is 2.11. The van der Waals surface area contributed by atoms with Gasteiger partial charge in [-0.1, -0.05) is 35.3 Å². The molecule has 0 aromatic heterocycles. The number of carbonyl (C=O) groups excluding carboxylic acids is 3. The minimum absolute atomic E-state index is 0.110. The molecule has 0 atom stereocenters. The van der Waals surface area contributed by atoms with Crippen LogP contribution in [0.2, 0.25) is 10.0 Å². The van der Waals surface area contributed by atoms with Gasteiger partial charge in [-0.3, -0.25) is 14.4 Å². The molecule has 0 spiro atoms. The van der Waals surface area contributed by atoms with Gasteiger partial charge in [0.25, 0.3) is 0 Å². The minimum atomic E-state index is -0.506. The van der Waals surface area contributed by atoms with E-state index in [1.165, 1.54) is 25.1 Å². The summed E-state index contributed by atoms with van der Waals surface area (Å²) in [5.41, 5.74) is 1.33. The Kier molecular flexibility index (Phi) is 5.95. The van der Waals surface area contributed by atoms with Gasteiger partial charge in [0.1, 0.15) is 6.42 Å². The number of hydrogen-bond donors (Lipinski definition) is 2. The Bertz CT molecular complexity index is 786. The number of benzene rings is 2. The van der Waals surface area contributed by atoms with Gasteiger partial charge in [-0.05, 0) is 37.3 Å². The molecule has 2 N–H and O–H groups in total. The summed E-state index contributed by atoms with van der Waals surface area (Å²) in [7, 11) is 0. The van der Waals surface area contributed by atoms with Gasteiger partial charge in [0.2, 0.25) is 11.8 Å². The first kappa shape index (κ1) is 18.0. The Balaban J connectivity index is 1.95. The van der Waals surface area contributed by atoms with Gasteiger partial charge in [-0.15, -0.1) is 0 Å². The highest BCUT2D eigenvalue weighted by molar-refractivity contribution is 6.35. The van der Waals surface area contributed by atoms with Gasteiger partial charge < -0.3 is 10.6 Å². The molecule has 0 aliphatic rings. The van der Waals surface area contributed by atoms with Crippen LogP contribution in [0.15, 0.2) is 42.5 Å². The van der Waals surface area contributed by atoms with Crippen LogP contribution in [0.25, 0.3) is 0 Å². The maximum atomic E-state index is 11.9. The second kappa shape index (κ2) is 7.95. The van der Waals surface area contributed by atoms with Crippen molar-refractivity contribution >= 4 is 52.2 Å². The molecule has 0 bridgehead atoms. The number of ketones is 1. The summed E-state index contributed by atoms with van der Waals surface area (Å²) in [4.78, 5) is 35.1. The lowest BCUT2D eigenvalue weighted by Crippen LogP contribution is -2.21. The van der Waals surface area contributed by atoms with Crippen molar-refractivity contribution in [3.8, 4) is 0 Å². The zero-order valence-electron chi connectivity index (χ0n) is 12.7. The van der Waals surface area contributed by atoms with Crippen LogP contribution < -0.4 is 10.6 Å². The van der Waals surface area contributed by atoms with E-state index in [0.29, 0.717) is 27.0 Å². The van der Waals surface area contributed by atoms with Crippen molar-refractivity contribution < 1.29 is 14.4 Å². The molecule has 0 saturated heterocycles. The van der Waals surface area contributed by atoms with Crippen LogP contribution in [0, 0.1) is 0 Å². The maximum Gasteiger partial charge on any atom is 0.233 e. The predicted octanol–water partition coefficient (Wildman–Crippen LogP) is 4.16. The topological polar surface area (TPSA) is 75.3 Å². The van der Waals surface area contributed by atoms with Gasteiger partial charge in [-0.2, -0.15) is 0 Å². The first-order valence-corrected chi connectivity index (χ1v) is 7.76. The second-order valence-electron chi connectivity index (χ2n) is 5.07. The third-order valence-corrected chi connectivity index (χ3v) is 3.46. The lowest BCUT2D eigenvalue weighted by Gasteiger charge is -2.08. The van der Waals surface area contributed by atoms with E-state index >= 15 is 0 Å². The smallest absolute Gasteiger partial charge is 0.233 e. The molecule has 0 aliphatic carbocycles. The highest BCUT2D eigenvalue weighted by Crippen LogP contribution is 2.22. The monoisotopic (exact) mass is 364 g/mol. The lowest BCUT2D eigenvalue weighted by atomic mass is 10.1. The van der Waals surface area contributed by atoms with Crippen molar-refractivity contribution in [3.63, 3.8) is 0 Å². The summed E-state index contributed by atoms with van der Waals surface area (Å²) in [6.07, 6.45) is -0.381. The molecular formula is C17H14Cl2N2O3. The Hall–Kier alpha value is -2.37. The standard InChI is InChI=1S/C17H14Cl2N2O3/c1-10(22)11-3-2-4-14(5-11)20-16(23)9-17(24)21-15-7-12(18)6-13(19)8-15/h2-8H,9H2,1H3,(H,20,23)(H,21,24). The molecule has 0 radical (unpaired) electrons. The van der Waals surface area contributed by atoms with Crippen molar-refractivity contribution in [1.29, 1.82) is 0 Å². The van der Waals surface area contributed by atoms with Crippen LogP contribution in [-0.2, 0) is 9.59 Å². The molecular weight excluding hydrogens is 351 g/mol. The van der Waals surface area contributed by atoms with Crippen LogP contribution in [0.1, 0.15) is 23.7 Å². The SMILES string of the molecule is CC(=O)c1cccc(NC(=O)CC(=O)Nc2cc(Cl)cc(Cl)c2)c1. The number of halogens is 2. The quantitative estimate of drug-likeness (QED) is 0.617. The van der Waals surface area contributed by atoms with E-state index < -0.39 is 11.8 Å². The van der Waals surface area contributed by atoms with Crippen LogP contribution in [0.4, 0.5) is 11.4 Å². The van der Waals surface area contributed by atoms with E-state index in [1.54, 1.807) is 24.3 Å². The Morgan fingerprint density at radius 3 is 2.04 bits per heavy atom. The van der Waals surface area contributed by atoms with Gasteiger partial charge in [-0.25, -0.2) is 0 Å². The fourth-order valence-electron chi connectivity index (χ4n) is 2.00. The van der Waals surface area contributed by atoms with Crippen molar-refractivity contribution in [3.05, 3.63) is 58.1 Å². The summed E-state index contributed by atoms with van der Waals surface area (Å²) >= 11 is 11.7. The Labute approximate surface area is 149 Å². The van der Waals surface area contributed by atoms with Gasteiger partial charge in [0.05, 0.1) is 0 Å². The number of amides is 2. The number of anilines is 2. The van der Waals surface area contributed by atoms with Crippen LogP contribution in [0.5, 0.6) is 0 Å². The molecule has 0 fully saturated rings.